The largest absolute Gasteiger partial charge is 1.00 e. The van der Waals surface area contributed by atoms with Crippen LogP contribution in [0.1, 0.15) is 109 Å². The first-order valence-corrected chi connectivity index (χ1v) is 15.5. The predicted molar refractivity (Wildman–Crippen MR) is 150 cm³/mol. The van der Waals surface area contributed by atoms with E-state index in [4.69, 9.17) is 0 Å². The smallest absolute Gasteiger partial charge is 0.745 e. The molecule has 0 saturated heterocycles. The van der Waals surface area contributed by atoms with E-state index in [1.54, 1.807) is 4.90 Å². The summed E-state index contributed by atoms with van der Waals surface area (Å²) in [6.07, 6.45) is 17.6. The van der Waals surface area contributed by atoms with Gasteiger partial charge in [-0.05, 0) is 24.1 Å². The summed E-state index contributed by atoms with van der Waals surface area (Å²) in [4.78, 5) is 0.117. The van der Waals surface area contributed by atoms with E-state index in [0.29, 0.717) is 18.7 Å². The zero-order chi connectivity index (χ0) is 25.7. The fraction of sp³-hybridized carbons (Fsp3) is 0.600. The second kappa shape index (κ2) is 17.3. The minimum atomic E-state index is -4.65. The van der Waals surface area contributed by atoms with Gasteiger partial charge in [-0.1, -0.05) is 133 Å². The van der Waals surface area contributed by atoms with Crippen molar-refractivity contribution in [3.8, 4) is 0 Å². The molecule has 1 aliphatic rings. The van der Waals surface area contributed by atoms with E-state index in [2.05, 4.69) is 12.2 Å². The van der Waals surface area contributed by atoms with E-state index in [-0.39, 0.29) is 57.8 Å². The van der Waals surface area contributed by atoms with Crippen molar-refractivity contribution in [2.24, 2.45) is 0 Å². The summed E-state index contributed by atoms with van der Waals surface area (Å²) in [6.45, 7) is 2.63. The van der Waals surface area contributed by atoms with Crippen LogP contribution < -0.4 is 61.6 Å². The third kappa shape index (κ3) is 9.93. The first kappa shape index (κ1) is 32.8. The summed E-state index contributed by atoms with van der Waals surface area (Å²) < 4.78 is 38.2. The van der Waals surface area contributed by atoms with Crippen LogP contribution in [0.25, 0.3) is 0 Å². The van der Waals surface area contributed by atoms with Crippen LogP contribution in [-0.2, 0) is 16.7 Å². The Kier molecular flexibility index (Phi) is 15.3. The third-order valence-electron chi connectivity index (χ3n) is 7.43. The topological polar surface area (TPSA) is 72.5 Å². The molecule has 3 rings (SSSR count). The number of hydrogen-bond donors (Lipinski definition) is 1. The van der Waals surface area contributed by atoms with E-state index in [1.165, 1.54) is 70.6 Å². The molecule has 0 bridgehead atoms. The molecule has 1 heterocycles. The second-order valence-corrected chi connectivity index (χ2v) is 11.9. The molecule has 1 atom stereocenters. The zero-order valence-corrected chi connectivity index (χ0v) is 27.0. The fourth-order valence-electron chi connectivity index (χ4n) is 5.35. The maximum atomic E-state index is 12.7. The minimum Gasteiger partial charge on any atom is -0.745 e. The summed E-state index contributed by atoms with van der Waals surface area (Å²) in [7, 11) is -4.65. The number of fused-ring (bicyclic) bond motifs is 1. The molecule has 1 unspecified atom stereocenters. The fourth-order valence-corrected chi connectivity index (χ4v) is 6.41. The van der Waals surface area contributed by atoms with E-state index in [1.807, 2.05) is 54.6 Å². The van der Waals surface area contributed by atoms with Crippen LogP contribution in [0, 0.1) is 0 Å². The molecular formula is C30H45KN2O3S. The van der Waals surface area contributed by atoms with Gasteiger partial charge in [0.1, 0.15) is 10.1 Å². The van der Waals surface area contributed by atoms with Gasteiger partial charge >= 0.3 is 51.4 Å². The molecule has 0 aromatic heterocycles. The van der Waals surface area contributed by atoms with Gasteiger partial charge < -0.3 is 14.8 Å². The van der Waals surface area contributed by atoms with Crippen molar-refractivity contribution in [2.45, 2.75) is 115 Å². The summed E-state index contributed by atoms with van der Waals surface area (Å²) in [5.74, 6) is 0. The molecule has 0 radical (unpaired) electrons. The van der Waals surface area contributed by atoms with Crippen LogP contribution >= 0.6 is 0 Å². The number of rotatable bonds is 18. The second-order valence-electron chi connectivity index (χ2n) is 10.3. The van der Waals surface area contributed by atoms with E-state index >= 15 is 0 Å². The molecule has 1 N–H and O–H groups in total. The minimum absolute atomic E-state index is 0. The molecule has 1 aliphatic heterocycles. The monoisotopic (exact) mass is 552 g/mol. The van der Waals surface area contributed by atoms with Gasteiger partial charge in [0.15, 0.2) is 0 Å². The first-order chi connectivity index (χ1) is 17.5. The quantitative estimate of drug-likeness (QED) is 0.156. The van der Waals surface area contributed by atoms with Crippen LogP contribution in [0.4, 0.5) is 11.4 Å². The molecule has 0 aliphatic carbocycles. The Labute approximate surface area is 268 Å². The summed E-state index contributed by atoms with van der Waals surface area (Å²) >= 11 is 0. The van der Waals surface area contributed by atoms with Crippen molar-refractivity contribution in [1.82, 2.24) is 0 Å². The van der Waals surface area contributed by atoms with Crippen LogP contribution in [0.15, 0.2) is 54.6 Å². The van der Waals surface area contributed by atoms with Gasteiger partial charge in [0.2, 0.25) is 4.99 Å². The van der Waals surface area contributed by atoms with Gasteiger partial charge in [0.05, 0.1) is 11.4 Å². The molecule has 37 heavy (non-hydrogen) atoms. The van der Waals surface area contributed by atoms with E-state index < -0.39 is 15.1 Å². The molecule has 7 heteroatoms. The zero-order valence-electron chi connectivity index (χ0n) is 23.1. The molecule has 200 valence electrons. The summed E-state index contributed by atoms with van der Waals surface area (Å²) in [5, 5.41) is 3.13. The predicted octanol–water partition coefficient (Wildman–Crippen LogP) is 5.19. The number of nitrogens with zero attached hydrogens (tertiary/aromatic N) is 1. The molecular weight excluding hydrogens is 508 g/mol. The van der Waals surface area contributed by atoms with Crippen LogP contribution in [0.5, 0.6) is 0 Å². The molecule has 0 amide bonds. The summed E-state index contributed by atoms with van der Waals surface area (Å²) in [6, 6.07) is 17.2. The Morgan fingerprint density at radius 2 is 1.22 bits per heavy atom. The van der Waals surface area contributed by atoms with Gasteiger partial charge in [0, 0.05) is 13.0 Å². The Morgan fingerprint density at radius 1 is 0.730 bits per heavy atom. The SMILES string of the molecule is CCCCCCCCCCCCCCCCC1(S(=O)(=O)[O-])Nc2ccccc2N1Cc1ccccc1.[K+]. The number of anilines is 2. The van der Waals surface area contributed by atoms with Crippen molar-refractivity contribution in [2.75, 3.05) is 10.2 Å². The third-order valence-corrected chi connectivity index (χ3v) is 8.78. The first-order valence-electron chi connectivity index (χ1n) is 14.1. The van der Waals surface area contributed by atoms with Crippen molar-refractivity contribution in [3.05, 3.63) is 60.2 Å². The molecule has 0 saturated carbocycles. The van der Waals surface area contributed by atoms with Crippen LogP contribution in [0.3, 0.4) is 0 Å². The molecule has 2 aromatic rings. The van der Waals surface area contributed by atoms with Gasteiger partial charge in [-0.25, -0.2) is 8.42 Å². The van der Waals surface area contributed by atoms with E-state index in [9.17, 15) is 13.0 Å². The number of para-hydroxylation sites is 2. The Hall–Kier alpha value is -0.414. The number of unbranched alkanes of at least 4 members (excludes halogenated alkanes) is 13. The molecule has 2 aromatic carbocycles. The van der Waals surface area contributed by atoms with Crippen molar-refractivity contribution < 1.29 is 64.4 Å². The van der Waals surface area contributed by atoms with Crippen LogP contribution in [0.2, 0.25) is 0 Å². The Morgan fingerprint density at radius 3 is 1.76 bits per heavy atom. The molecule has 0 spiro atoms. The van der Waals surface area contributed by atoms with E-state index in [0.717, 1.165) is 24.1 Å². The van der Waals surface area contributed by atoms with Crippen molar-refractivity contribution >= 4 is 21.5 Å². The Bertz CT molecular complexity index is 1000. The maximum absolute atomic E-state index is 12.7. The maximum Gasteiger partial charge on any atom is 1.00 e. The number of benzene rings is 2. The number of nitrogens with one attached hydrogen (secondary N) is 1. The normalized spacial score (nSPS) is 16.8. The van der Waals surface area contributed by atoms with Gasteiger partial charge in [0.25, 0.3) is 0 Å². The molecule has 5 nitrogen and oxygen atoms in total. The van der Waals surface area contributed by atoms with Gasteiger partial charge in [-0.2, -0.15) is 0 Å². The standard InChI is InChI=1S/C30H46N2O3S.K/c1-2-3-4-5-6-7-8-9-10-11-12-13-14-20-25-30(36(33,34)35)31-28-23-18-19-24-29(28)32(30)26-27-21-16-15-17-22-27;/h15-19,21-24,31H,2-14,20,25-26H2,1H3,(H,33,34,35);/q;+1/p-1. The summed E-state index contributed by atoms with van der Waals surface area (Å²) in [5.41, 5.74) is 2.45. The van der Waals surface area contributed by atoms with Crippen molar-refractivity contribution in [3.63, 3.8) is 0 Å². The Balaban J connectivity index is 0.00000481. The van der Waals surface area contributed by atoms with Crippen molar-refractivity contribution in [1.29, 1.82) is 0 Å². The van der Waals surface area contributed by atoms with Gasteiger partial charge in [-0.3, -0.25) is 0 Å². The average Bonchev–Trinajstić information content (AvgIpc) is 3.19. The molecule has 0 fully saturated rings. The van der Waals surface area contributed by atoms with Gasteiger partial charge in [-0.15, -0.1) is 0 Å². The average molecular weight is 553 g/mol. The number of hydrogen-bond acceptors (Lipinski definition) is 5. The van der Waals surface area contributed by atoms with Crippen LogP contribution in [-0.4, -0.2) is 18.0 Å².